The highest BCUT2D eigenvalue weighted by Gasteiger charge is 2.56. The molecule has 0 bridgehead atoms. The molecular weight excluding hydrogens is 478 g/mol. The maximum absolute atomic E-state index is 13.0. The number of carbonyl (C=O) groups excluding carboxylic acids is 5. The first kappa shape index (κ1) is 22.9. The van der Waals surface area contributed by atoms with Crippen LogP contribution in [0.4, 0.5) is 0 Å². The molecule has 2 amide bonds. The van der Waals surface area contributed by atoms with E-state index in [9.17, 15) is 24.0 Å². The number of hydrogen-bond acceptors (Lipinski definition) is 9. The quantitative estimate of drug-likeness (QED) is 0.255. The lowest BCUT2D eigenvalue weighted by molar-refractivity contribution is -0.216. The van der Waals surface area contributed by atoms with Gasteiger partial charge in [0.1, 0.15) is 23.8 Å². The second-order valence-corrected chi connectivity index (χ2v) is 7.90. The summed E-state index contributed by atoms with van der Waals surface area (Å²) in [4.78, 5) is 61.9. The molecule has 3 rings (SSSR count). The molecule has 0 aliphatic carbocycles. The lowest BCUT2D eigenvalue weighted by Gasteiger charge is -2.45. The molecule has 1 saturated heterocycles. The number of alkyl halides is 1. The molecule has 1 aromatic carbocycles. The molecular formula is C20H20BrNO9. The summed E-state index contributed by atoms with van der Waals surface area (Å²) in [6.07, 6.45) is -3.54. The van der Waals surface area contributed by atoms with Crippen molar-refractivity contribution in [1.82, 2.24) is 4.90 Å². The fourth-order valence-electron chi connectivity index (χ4n) is 3.62. The van der Waals surface area contributed by atoms with E-state index < -0.39 is 59.1 Å². The Labute approximate surface area is 185 Å². The molecule has 0 saturated carbocycles. The number of rotatable bonds is 5. The number of halogens is 1. The molecule has 0 spiro atoms. The van der Waals surface area contributed by atoms with Crippen LogP contribution in [0.2, 0.25) is 0 Å². The lowest BCUT2D eigenvalue weighted by atomic mass is 9.96. The number of nitrogens with zero attached hydrogens (tertiary/aromatic N) is 1. The van der Waals surface area contributed by atoms with Crippen LogP contribution < -0.4 is 0 Å². The number of hydrogen-bond donors (Lipinski definition) is 0. The number of imide groups is 1. The van der Waals surface area contributed by atoms with Crippen molar-refractivity contribution < 1.29 is 42.9 Å². The number of fused-ring (bicyclic) bond motifs is 1. The van der Waals surface area contributed by atoms with E-state index in [0.29, 0.717) is 0 Å². The third-order valence-electron chi connectivity index (χ3n) is 4.78. The van der Waals surface area contributed by atoms with Gasteiger partial charge in [0.05, 0.1) is 11.1 Å². The highest BCUT2D eigenvalue weighted by Crippen LogP contribution is 2.36. The molecule has 2 heterocycles. The molecule has 2 aliphatic rings. The Kier molecular flexibility index (Phi) is 6.75. The first-order valence-corrected chi connectivity index (χ1v) is 10.3. The molecule has 0 unspecified atom stereocenters. The Morgan fingerprint density at radius 2 is 1.45 bits per heavy atom. The van der Waals surface area contributed by atoms with E-state index in [-0.39, 0.29) is 17.7 Å². The number of carbonyl (C=O) groups is 5. The molecule has 1 fully saturated rings. The smallest absolute Gasteiger partial charge is 0.303 e. The Morgan fingerprint density at radius 3 is 1.94 bits per heavy atom. The summed E-state index contributed by atoms with van der Waals surface area (Å²) in [5, 5.41) is -1.01. The number of amides is 2. The second-order valence-electron chi connectivity index (χ2n) is 6.99. The van der Waals surface area contributed by atoms with Crippen LogP contribution in [0, 0.1) is 0 Å². The molecule has 31 heavy (non-hydrogen) atoms. The minimum absolute atomic E-state index is 0.194. The van der Waals surface area contributed by atoms with E-state index in [2.05, 4.69) is 15.9 Å². The van der Waals surface area contributed by atoms with Crippen molar-refractivity contribution >= 4 is 45.7 Å². The molecule has 11 heteroatoms. The van der Waals surface area contributed by atoms with E-state index in [4.69, 9.17) is 18.9 Å². The van der Waals surface area contributed by atoms with Crippen LogP contribution in [0.1, 0.15) is 41.5 Å². The van der Waals surface area contributed by atoms with Crippen LogP contribution in [0.25, 0.3) is 0 Å². The highest BCUT2D eigenvalue weighted by molar-refractivity contribution is 9.09. The SMILES string of the molecule is CC(=O)OC[C@H]1O[C@@H](Br)[C@H](N2C(=O)c3ccccc3C2=O)[C@@H](OC(C)=O)[C@@H]1OC(C)=O. The van der Waals surface area contributed by atoms with Gasteiger partial charge in [-0.15, -0.1) is 0 Å². The topological polar surface area (TPSA) is 126 Å². The Morgan fingerprint density at radius 1 is 0.935 bits per heavy atom. The van der Waals surface area contributed by atoms with Gasteiger partial charge in [0.25, 0.3) is 11.8 Å². The highest BCUT2D eigenvalue weighted by atomic mass is 79.9. The molecule has 5 atom stereocenters. The number of esters is 3. The van der Waals surface area contributed by atoms with Crippen LogP contribution >= 0.6 is 15.9 Å². The fraction of sp³-hybridized carbons (Fsp3) is 0.450. The predicted molar refractivity (Wildman–Crippen MR) is 106 cm³/mol. The van der Waals surface area contributed by atoms with Crippen molar-refractivity contribution in [2.24, 2.45) is 0 Å². The average molecular weight is 498 g/mol. The van der Waals surface area contributed by atoms with Crippen molar-refractivity contribution in [2.75, 3.05) is 6.61 Å². The van der Waals surface area contributed by atoms with Crippen molar-refractivity contribution in [3.63, 3.8) is 0 Å². The standard InChI is InChI=1S/C20H20BrNO9/c1-9(23)28-8-14-16(29-10(2)24)17(30-11(3)25)15(18(21)31-14)22-19(26)12-6-4-5-7-13(12)20(22)27/h4-7,14-18H,8H2,1-3H3/t14-,15-,16-,17-,18-/m1/s1. The molecule has 0 N–H and O–H groups in total. The summed E-state index contributed by atoms with van der Waals surface area (Å²) < 4.78 is 21.5. The van der Waals surface area contributed by atoms with Gasteiger partial charge >= 0.3 is 17.9 Å². The van der Waals surface area contributed by atoms with Gasteiger partial charge in [0.2, 0.25) is 0 Å². The maximum Gasteiger partial charge on any atom is 0.303 e. The molecule has 2 aliphatic heterocycles. The normalized spacial score (nSPS) is 27.5. The first-order chi connectivity index (χ1) is 14.6. The summed E-state index contributed by atoms with van der Waals surface area (Å²) in [7, 11) is 0. The van der Waals surface area contributed by atoms with E-state index >= 15 is 0 Å². The fourth-order valence-corrected chi connectivity index (χ4v) is 4.43. The lowest BCUT2D eigenvalue weighted by Crippen LogP contribution is -2.65. The molecule has 0 aromatic heterocycles. The van der Waals surface area contributed by atoms with Crippen molar-refractivity contribution in [3.8, 4) is 0 Å². The van der Waals surface area contributed by atoms with Gasteiger partial charge in [-0.1, -0.05) is 28.1 Å². The Hall–Kier alpha value is -2.79. The van der Waals surface area contributed by atoms with Gasteiger partial charge in [-0.25, -0.2) is 0 Å². The minimum Gasteiger partial charge on any atom is -0.463 e. The Balaban J connectivity index is 2.01. The summed E-state index contributed by atoms with van der Waals surface area (Å²) in [5.41, 5.74) is 0.389. The average Bonchev–Trinajstić information content (AvgIpc) is 2.93. The molecule has 10 nitrogen and oxygen atoms in total. The van der Waals surface area contributed by atoms with Crippen molar-refractivity contribution in [2.45, 2.75) is 50.1 Å². The molecule has 166 valence electrons. The second kappa shape index (κ2) is 9.15. The van der Waals surface area contributed by atoms with Gasteiger partial charge in [-0.05, 0) is 12.1 Å². The van der Waals surface area contributed by atoms with Crippen LogP contribution in [0.15, 0.2) is 24.3 Å². The van der Waals surface area contributed by atoms with Crippen LogP contribution in [0.5, 0.6) is 0 Å². The monoisotopic (exact) mass is 497 g/mol. The third-order valence-corrected chi connectivity index (χ3v) is 5.54. The minimum atomic E-state index is -1.28. The molecule has 1 aromatic rings. The van der Waals surface area contributed by atoms with Crippen LogP contribution in [-0.4, -0.2) is 70.6 Å². The van der Waals surface area contributed by atoms with Gasteiger partial charge < -0.3 is 18.9 Å². The third kappa shape index (κ3) is 4.62. The van der Waals surface area contributed by atoms with Gasteiger partial charge in [-0.2, -0.15) is 0 Å². The zero-order chi connectivity index (χ0) is 22.9. The number of benzene rings is 1. The van der Waals surface area contributed by atoms with Crippen molar-refractivity contribution in [3.05, 3.63) is 35.4 Å². The zero-order valence-corrected chi connectivity index (χ0v) is 18.5. The van der Waals surface area contributed by atoms with Crippen LogP contribution in [0.3, 0.4) is 0 Å². The predicted octanol–water partition coefficient (Wildman–Crippen LogP) is 1.20. The van der Waals surface area contributed by atoms with Gasteiger partial charge in [-0.3, -0.25) is 28.9 Å². The number of ether oxygens (including phenoxy) is 4. The van der Waals surface area contributed by atoms with E-state index in [1.165, 1.54) is 19.1 Å². The summed E-state index contributed by atoms with van der Waals surface area (Å²) in [5.74, 6) is -3.24. The summed E-state index contributed by atoms with van der Waals surface area (Å²) in [6.45, 7) is 3.18. The molecule has 0 radical (unpaired) electrons. The Bertz CT molecular complexity index is 898. The maximum atomic E-state index is 13.0. The van der Waals surface area contributed by atoms with Gasteiger partial charge in [0, 0.05) is 20.8 Å². The first-order valence-electron chi connectivity index (χ1n) is 9.36. The van der Waals surface area contributed by atoms with E-state index in [1.54, 1.807) is 12.1 Å². The van der Waals surface area contributed by atoms with E-state index in [0.717, 1.165) is 18.7 Å². The van der Waals surface area contributed by atoms with Gasteiger partial charge in [0.15, 0.2) is 12.2 Å². The van der Waals surface area contributed by atoms with E-state index in [1.807, 2.05) is 0 Å². The van der Waals surface area contributed by atoms with Crippen LogP contribution in [-0.2, 0) is 33.3 Å². The largest absolute Gasteiger partial charge is 0.463 e. The summed E-state index contributed by atoms with van der Waals surface area (Å²) >= 11 is 3.30. The zero-order valence-electron chi connectivity index (χ0n) is 16.9. The summed E-state index contributed by atoms with van der Waals surface area (Å²) in [6, 6.07) is 5.11. The van der Waals surface area contributed by atoms with Crippen molar-refractivity contribution in [1.29, 1.82) is 0 Å².